The Morgan fingerprint density at radius 1 is 1.33 bits per heavy atom. The van der Waals surface area contributed by atoms with Gasteiger partial charge in [0.2, 0.25) is 0 Å². The van der Waals surface area contributed by atoms with Crippen molar-refractivity contribution >= 4 is 0 Å². The minimum atomic E-state index is 0.377. The average Bonchev–Trinajstić information content (AvgIpc) is 2.06. The molecule has 0 aromatic carbocycles. The van der Waals surface area contributed by atoms with Gasteiger partial charge in [0.25, 0.3) is 0 Å². The van der Waals surface area contributed by atoms with Crippen molar-refractivity contribution in [3.05, 3.63) is 0 Å². The van der Waals surface area contributed by atoms with Gasteiger partial charge in [-0.3, -0.25) is 0 Å². The summed E-state index contributed by atoms with van der Waals surface area (Å²) in [5.74, 6) is 0.690. The van der Waals surface area contributed by atoms with Crippen LogP contribution in [0.3, 0.4) is 0 Å². The molecule has 0 heterocycles. The van der Waals surface area contributed by atoms with E-state index in [-0.39, 0.29) is 0 Å². The third-order valence-electron chi connectivity index (χ3n) is 2.60. The van der Waals surface area contributed by atoms with E-state index in [1.165, 1.54) is 6.42 Å². The van der Waals surface area contributed by atoms with E-state index in [9.17, 15) is 0 Å². The lowest BCUT2D eigenvalue weighted by Crippen LogP contribution is -2.33. The molecule has 0 aromatic rings. The largest absolute Gasteiger partial charge is 0.382 e. The molecule has 0 aliphatic heterocycles. The molecular formula is C10H23NO. The third kappa shape index (κ3) is 4.07. The maximum absolute atomic E-state index is 5.23. The number of nitrogens with one attached hydrogen (secondary N) is 1. The van der Waals surface area contributed by atoms with Crippen LogP contribution in [0.1, 0.15) is 33.6 Å². The molecule has 2 heteroatoms. The summed E-state index contributed by atoms with van der Waals surface area (Å²) in [5.41, 5.74) is 0. The molecule has 0 amide bonds. The summed E-state index contributed by atoms with van der Waals surface area (Å²) in [4.78, 5) is 0. The van der Waals surface area contributed by atoms with E-state index in [0.29, 0.717) is 18.1 Å². The van der Waals surface area contributed by atoms with E-state index in [0.717, 1.165) is 6.42 Å². The van der Waals surface area contributed by atoms with Crippen molar-refractivity contribution in [3.63, 3.8) is 0 Å². The Kier molecular flexibility index (Phi) is 6.39. The minimum Gasteiger partial charge on any atom is -0.382 e. The molecule has 0 rings (SSSR count). The Bertz CT molecular complexity index is 102. The zero-order chi connectivity index (χ0) is 9.56. The van der Waals surface area contributed by atoms with E-state index in [1.807, 2.05) is 7.05 Å². The van der Waals surface area contributed by atoms with Gasteiger partial charge in [-0.05, 0) is 32.7 Å². The Morgan fingerprint density at radius 3 is 2.25 bits per heavy atom. The SMILES string of the molecule is CCC(NC)C(C)CC(C)OC. The summed E-state index contributed by atoms with van der Waals surface area (Å²) < 4.78 is 5.23. The monoisotopic (exact) mass is 173 g/mol. The zero-order valence-electron chi connectivity index (χ0n) is 9.05. The van der Waals surface area contributed by atoms with Crippen molar-refractivity contribution in [2.75, 3.05) is 14.2 Å². The first-order valence-electron chi connectivity index (χ1n) is 4.85. The molecule has 0 saturated heterocycles. The number of methoxy groups -OCH3 is 1. The van der Waals surface area contributed by atoms with Gasteiger partial charge >= 0.3 is 0 Å². The molecule has 12 heavy (non-hydrogen) atoms. The first-order chi connectivity index (χ1) is 5.65. The Hall–Kier alpha value is -0.0800. The van der Waals surface area contributed by atoms with Crippen molar-refractivity contribution in [3.8, 4) is 0 Å². The van der Waals surface area contributed by atoms with Crippen LogP contribution >= 0.6 is 0 Å². The number of rotatable bonds is 6. The van der Waals surface area contributed by atoms with Crippen molar-refractivity contribution in [1.29, 1.82) is 0 Å². The third-order valence-corrected chi connectivity index (χ3v) is 2.60. The smallest absolute Gasteiger partial charge is 0.0546 e. The van der Waals surface area contributed by atoms with Crippen molar-refractivity contribution in [2.24, 2.45) is 5.92 Å². The first-order valence-corrected chi connectivity index (χ1v) is 4.85. The van der Waals surface area contributed by atoms with Gasteiger partial charge in [0.1, 0.15) is 0 Å². The first kappa shape index (κ1) is 11.9. The van der Waals surface area contributed by atoms with Gasteiger partial charge in [-0.2, -0.15) is 0 Å². The van der Waals surface area contributed by atoms with E-state index in [1.54, 1.807) is 7.11 Å². The summed E-state index contributed by atoms with van der Waals surface area (Å²) in [6.45, 7) is 6.62. The van der Waals surface area contributed by atoms with Crippen LogP contribution in [0, 0.1) is 5.92 Å². The highest BCUT2D eigenvalue weighted by Gasteiger charge is 2.15. The second kappa shape index (κ2) is 6.44. The van der Waals surface area contributed by atoms with Crippen LogP contribution in [-0.2, 0) is 4.74 Å². The van der Waals surface area contributed by atoms with Crippen LogP contribution in [0.25, 0.3) is 0 Å². The van der Waals surface area contributed by atoms with E-state index < -0.39 is 0 Å². The van der Waals surface area contributed by atoms with Gasteiger partial charge in [-0.1, -0.05) is 13.8 Å². The molecule has 0 spiro atoms. The molecule has 1 N–H and O–H groups in total. The number of ether oxygens (including phenoxy) is 1. The summed E-state index contributed by atoms with van der Waals surface area (Å²) >= 11 is 0. The lowest BCUT2D eigenvalue weighted by molar-refractivity contribution is 0.0910. The molecule has 0 fully saturated rings. The standard InChI is InChI=1S/C10H23NO/c1-6-10(11-4)8(2)7-9(3)12-5/h8-11H,6-7H2,1-5H3. The van der Waals surface area contributed by atoms with Gasteiger partial charge in [0.05, 0.1) is 6.10 Å². The summed E-state index contributed by atoms with van der Waals surface area (Å²) in [7, 11) is 3.81. The van der Waals surface area contributed by atoms with Crippen LogP contribution in [-0.4, -0.2) is 26.3 Å². The van der Waals surface area contributed by atoms with E-state index in [2.05, 4.69) is 26.1 Å². The van der Waals surface area contributed by atoms with E-state index in [4.69, 9.17) is 4.74 Å². The molecule has 3 atom stereocenters. The van der Waals surface area contributed by atoms with Crippen LogP contribution in [0.15, 0.2) is 0 Å². The topological polar surface area (TPSA) is 21.3 Å². The summed E-state index contributed by atoms with van der Waals surface area (Å²) in [5, 5.41) is 3.33. The Balaban J connectivity index is 3.75. The highest BCUT2D eigenvalue weighted by molar-refractivity contribution is 4.71. The Labute approximate surface area is 76.7 Å². The quantitative estimate of drug-likeness (QED) is 0.663. The second-order valence-electron chi connectivity index (χ2n) is 3.56. The minimum absolute atomic E-state index is 0.377. The summed E-state index contributed by atoms with van der Waals surface area (Å²) in [6, 6.07) is 0.627. The van der Waals surface area contributed by atoms with Gasteiger partial charge in [0.15, 0.2) is 0 Å². The molecule has 0 aliphatic rings. The maximum atomic E-state index is 5.23. The van der Waals surface area contributed by atoms with Crippen LogP contribution < -0.4 is 5.32 Å². The van der Waals surface area contributed by atoms with Gasteiger partial charge in [-0.15, -0.1) is 0 Å². The Morgan fingerprint density at radius 2 is 1.92 bits per heavy atom. The van der Waals surface area contributed by atoms with Crippen molar-refractivity contribution in [1.82, 2.24) is 5.32 Å². The fourth-order valence-corrected chi connectivity index (χ4v) is 1.68. The summed E-state index contributed by atoms with van der Waals surface area (Å²) in [6.07, 6.45) is 2.70. The predicted molar refractivity (Wildman–Crippen MR) is 53.4 cm³/mol. The van der Waals surface area contributed by atoms with Gasteiger partial charge < -0.3 is 10.1 Å². The van der Waals surface area contributed by atoms with Crippen molar-refractivity contribution < 1.29 is 4.74 Å². The molecule has 0 aromatic heterocycles. The maximum Gasteiger partial charge on any atom is 0.0546 e. The highest BCUT2D eigenvalue weighted by atomic mass is 16.5. The molecule has 0 bridgehead atoms. The normalized spacial score (nSPS) is 18.8. The molecule has 74 valence electrons. The number of hydrogen-bond acceptors (Lipinski definition) is 2. The van der Waals surface area contributed by atoms with E-state index >= 15 is 0 Å². The second-order valence-corrected chi connectivity index (χ2v) is 3.56. The molecule has 0 radical (unpaired) electrons. The van der Waals surface area contributed by atoms with Crippen molar-refractivity contribution in [2.45, 2.75) is 45.8 Å². The highest BCUT2D eigenvalue weighted by Crippen LogP contribution is 2.14. The van der Waals surface area contributed by atoms with Crippen LogP contribution in [0.5, 0.6) is 0 Å². The molecule has 2 nitrogen and oxygen atoms in total. The molecule has 0 saturated carbocycles. The molecular weight excluding hydrogens is 150 g/mol. The van der Waals surface area contributed by atoms with Crippen LogP contribution in [0.2, 0.25) is 0 Å². The molecule has 3 unspecified atom stereocenters. The average molecular weight is 173 g/mol. The lowest BCUT2D eigenvalue weighted by atomic mass is 9.94. The van der Waals surface area contributed by atoms with Gasteiger partial charge in [0, 0.05) is 13.2 Å². The van der Waals surface area contributed by atoms with Gasteiger partial charge in [-0.25, -0.2) is 0 Å². The fraction of sp³-hybridized carbons (Fsp3) is 1.00. The number of hydrogen-bond donors (Lipinski definition) is 1. The zero-order valence-corrected chi connectivity index (χ0v) is 9.05. The fourth-order valence-electron chi connectivity index (χ4n) is 1.68. The lowest BCUT2D eigenvalue weighted by Gasteiger charge is -2.24. The van der Waals surface area contributed by atoms with Crippen LogP contribution in [0.4, 0.5) is 0 Å². The predicted octanol–water partition coefficient (Wildman–Crippen LogP) is 2.05. The molecule has 0 aliphatic carbocycles.